The van der Waals surface area contributed by atoms with Crippen molar-refractivity contribution >= 4 is 41.6 Å². The summed E-state index contributed by atoms with van der Waals surface area (Å²) in [5.74, 6) is 0.811. The molecule has 0 bridgehead atoms. The quantitative estimate of drug-likeness (QED) is 0.677. The number of anilines is 3. The first-order valence-corrected chi connectivity index (χ1v) is 7.53. The van der Waals surface area contributed by atoms with Crippen LogP contribution in [0.1, 0.15) is 29.8 Å². The third-order valence-corrected chi connectivity index (χ3v) is 3.27. The molecule has 0 aliphatic heterocycles. The molecule has 8 heteroatoms. The summed E-state index contributed by atoms with van der Waals surface area (Å²) in [6.07, 6.45) is -0.572. The second kappa shape index (κ2) is 9.48. The predicted molar refractivity (Wildman–Crippen MR) is 100 cm³/mol. The zero-order chi connectivity index (χ0) is 17.5. The van der Waals surface area contributed by atoms with Crippen LogP contribution in [0.3, 0.4) is 0 Å². The summed E-state index contributed by atoms with van der Waals surface area (Å²) < 4.78 is 4.79. The van der Waals surface area contributed by atoms with Gasteiger partial charge in [-0.15, -0.1) is 12.4 Å². The van der Waals surface area contributed by atoms with Crippen molar-refractivity contribution in [2.45, 2.75) is 20.4 Å². The number of pyridine rings is 1. The lowest BCUT2D eigenvalue weighted by Gasteiger charge is -2.10. The van der Waals surface area contributed by atoms with Gasteiger partial charge in [-0.05, 0) is 31.5 Å². The molecule has 0 aliphatic rings. The monoisotopic (exact) mass is 364 g/mol. The van der Waals surface area contributed by atoms with Gasteiger partial charge in [-0.3, -0.25) is 10.1 Å². The molecule has 0 spiro atoms. The standard InChI is InChI=1S/C17H20N4O3.ClH/c1-3-24-17(23)20-14-8-9-15(21-16(14)18)19-10-12-4-6-13(7-5-12)11(2)22;/h4-9H,3,10H2,1-2H3,(H,20,23)(H3,18,19,21);1H. The van der Waals surface area contributed by atoms with Crippen molar-refractivity contribution < 1.29 is 14.3 Å². The van der Waals surface area contributed by atoms with Crippen molar-refractivity contribution in [2.24, 2.45) is 0 Å². The summed E-state index contributed by atoms with van der Waals surface area (Å²) in [5, 5.41) is 5.66. The fourth-order valence-electron chi connectivity index (χ4n) is 2.01. The van der Waals surface area contributed by atoms with E-state index in [0.717, 1.165) is 5.56 Å². The largest absolute Gasteiger partial charge is 0.450 e. The fourth-order valence-corrected chi connectivity index (χ4v) is 2.01. The second-order valence-corrected chi connectivity index (χ2v) is 5.08. The van der Waals surface area contributed by atoms with Crippen LogP contribution < -0.4 is 16.4 Å². The van der Waals surface area contributed by atoms with Crippen molar-refractivity contribution in [3.05, 3.63) is 47.5 Å². The number of rotatable bonds is 6. The van der Waals surface area contributed by atoms with Gasteiger partial charge in [-0.2, -0.15) is 0 Å². The van der Waals surface area contributed by atoms with Crippen LogP contribution >= 0.6 is 12.4 Å². The third-order valence-electron chi connectivity index (χ3n) is 3.27. The number of hydrogen-bond donors (Lipinski definition) is 3. The van der Waals surface area contributed by atoms with Crippen LogP contribution in [0.15, 0.2) is 36.4 Å². The number of ketones is 1. The molecule has 0 unspecified atom stereocenters. The first kappa shape index (κ1) is 20.2. The lowest BCUT2D eigenvalue weighted by atomic mass is 10.1. The molecule has 0 fully saturated rings. The second-order valence-electron chi connectivity index (χ2n) is 5.08. The van der Waals surface area contributed by atoms with E-state index in [9.17, 15) is 9.59 Å². The summed E-state index contributed by atoms with van der Waals surface area (Å²) in [6.45, 7) is 4.07. The van der Waals surface area contributed by atoms with Gasteiger partial charge in [0.25, 0.3) is 0 Å². The molecule has 2 aromatic rings. The van der Waals surface area contributed by atoms with Crippen LogP contribution in [0.2, 0.25) is 0 Å². The Morgan fingerprint density at radius 1 is 1.16 bits per heavy atom. The average molecular weight is 365 g/mol. The number of nitrogen functional groups attached to an aromatic ring is 1. The normalized spacial score (nSPS) is 9.68. The van der Waals surface area contributed by atoms with Crippen LogP contribution in [0, 0.1) is 0 Å². The molecule has 2 rings (SSSR count). The third kappa shape index (κ3) is 5.96. The maximum Gasteiger partial charge on any atom is 0.411 e. The smallest absolute Gasteiger partial charge is 0.411 e. The molecule has 0 atom stereocenters. The summed E-state index contributed by atoms with van der Waals surface area (Å²) in [6, 6.07) is 10.7. The van der Waals surface area contributed by atoms with Gasteiger partial charge in [0.2, 0.25) is 0 Å². The summed E-state index contributed by atoms with van der Waals surface area (Å²) >= 11 is 0. The Balaban J connectivity index is 0.00000312. The molecule has 0 aliphatic carbocycles. The number of nitrogens with one attached hydrogen (secondary N) is 2. The molecule has 4 N–H and O–H groups in total. The molecule has 0 radical (unpaired) electrons. The first-order chi connectivity index (χ1) is 11.5. The Morgan fingerprint density at radius 3 is 2.40 bits per heavy atom. The van der Waals surface area contributed by atoms with E-state index < -0.39 is 6.09 Å². The first-order valence-electron chi connectivity index (χ1n) is 7.53. The Kier molecular flexibility index (Phi) is 7.68. The highest BCUT2D eigenvalue weighted by Crippen LogP contribution is 2.19. The Bertz CT molecular complexity index is 735. The maximum atomic E-state index is 11.4. The highest BCUT2D eigenvalue weighted by molar-refractivity contribution is 5.94. The number of amides is 1. The van der Waals surface area contributed by atoms with Crippen molar-refractivity contribution in [3.8, 4) is 0 Å². The van der Waals surface area contributed by atoms with Crippen molar-refractivity contribution in [1.29, 1.82) is 0 Å². The fraction of sp³-hybridized carbons (Fsp3) is 0.235. The Morgan fingerprint density at radius 2 is 1.84 bits per heavy atom. The van der Waals surface area contributed by atoms with Gasteiger partial charge in [0.1, 0.15) is 11.6 Å². The van der Waals surface area contributed by atoms with Crippen molar-refractivity contribution in [3.63, 3.8) is 0 Å². The van der Waals surface area contributed by atoms with E-state index >= 15 is 0 Å². The molecule has 1 aromatic carbocycles. The average Bonchev–Trinajstić information content (AvgIpc) is 2.56. The van der Waals surface area contributed by atoms with E-state index in [4.69, 9.17) is 10.5 Å². The number of hydrogen-bond acceptors (Lipinski definition) is 6. The van der Waals surface area contributed by atoms with Gasteiger partial charge in [-0.25, -0.2) is 9.78 Å². The molecule has 0 saturated heterocycles. The van der Waals surface area contributed by atoms with E-state index in [1.807, 2.05) is 12.1 Å². The Labute approximate surface area is 152 Å². The summed E-state index contributed by atoms with van der Waals surface area (Å²) in [5.41, 5.74) is 7.91. The van der Waals surface area contributed by atoms with Gasteiger partial charge in [0.15, 0.2) is 5.78 Å². The molecular formula is C17H21ClN4O3. The van der Waals surface area contributed by atoms with Crippen LogP contribution in [-0.2, 0) is 11.3 Å². The minimum absolute atomic E-state index is 0. The van der Waals surface area contributed by atoms with Crippen LogP contribution in [-0.4, -0.2) is 23.5 Å². The topological polar surface area (TPSA) is 106 Å². The van der Waals surface area contributed by atoms with E-state index in [-0.39, 0.29) is 30.6 Å². The van der Waals surface area contributed by atoms with Crippen LogP contribution in [0.5, 0.6) is 0 Å². The van der Waals surface area contributed by atoms with Crippen molar-refractivity contribution in [1.82, 2.24) is 4.98 Å². The van der Waals surface area contributed by atoms with Gasteiger partial charge in [-0.1, -0.05) is 24.3 Å². The molecule has 7 nitrogen and oxygen atoms in total. The zero-order valence-electron chi connectivity index (χ0n) is 14.0. The number of aromatic nitrogens is 1. The number of Topliss-reactive ketones (excluding diaryl/α,β-unsaturated/α-hetero) is 1. The molecule has 1 aromatic heterocycles. The zero-order valence-corrected chi connectivity index (χ0v) is 14.9. The molecule has 1 amide bonds. The van der Waals surface area contributed by atoms with Gasteiger partial charge in [0, 0.05) is 12.1 Å². The predicted octanol–water partition coefficient (Wildman–Crippen LogP) is 3.47. The number of nitrogens with two attached hydrogens (primary N) is 1. The van der Waals surface area contributed by atoms with E-state index in [1.165, 1.54) is 6.92 Å². The number of carbonyl (C=O) groups is 2. The van der Waals surface area contributed by atoms with Crippen LogP contribution in [0.25, 0.3) is 0 Å². The summed E-state index contributed by atoms with van der Waals surface area (Å²) in [4.78, 5) is 26.8. The highest BCUT2D eigenvalue weighted by Gasteiger charge is 2.07. The van der Waals surface area contributed by atoms with Gasteiger partial charge in [0.05, 0.1) is 12.3 Å². The minimum Gasteiger partial charge on any atom is -0.450 e. The van der Waals surface area contributed by atoms with E-state index in [1.54, 1.807) is 31.2 Å². The summed E-state index contributed by atoms with van der Waals surface area (Å²) in [7, 11) is 0. The van der Waals surface area contributed by atoms with Crippen LogP contribution in [0.4, 0.5) is 22.1 Å². The maximum absolute atomic E-state index is 11.4. The lowest BCUT2D eigenvalue weighted by Crippen LogP contribution is -2.15. The Hall–Kier alpha value is -2.80. The number of carbonyl (C=O) groups excluding carboxylic acids is 2. The van der Waals surface area contributed by atoms with Crippen molar-refractivity contribution in [2.75, 3.05) is 23.0 Å². The highest BCUT2D eigenvalue weighted by atomic mass is 35.5. The molecular weight excluding hydrogens is 344 g/mol. The minimum atomic E-state index is -0.572. The number of nitrogens with zero attached hydrogens (tertiary/aromatic N) is 1. The van der Waals surface area contributed by atoms with Gasteiger partial charge >= 0.3 is 6.09 Å². The number of halogens is 1. The molecule has 0 saturated carbocycles. The molecule has 134 valence electrons. The van der Waals surface area contributed by atoms with E-state index in [2.05, 4.69) is 15.6 Å². The number of ether oxygens (including phenoxy) is 1. The van der Waals surface area contributed by atoms with E-state index in [0.29, 0.717) is 23.6 Å². The number of benzene rings is 1. The SMILES string of the molecule is CCOC(=O)Nc1ccc(NCc2ccc(C(C)=O)cc2)nc1N.Cl. The molecule has 1 heterocycles. The lowest BCUT2D eigenvalue weighted by molar-refractivity contribution is 0.101. The van der Waals surface area contributed by atoms with Gasteiger partial charge < -0.3 is 15.8 Å². The molecule has 25 heavy (non-hydrogen) atoms.